The first-order chi connectivity index (χ1) is 8.40. The van der Waals surface area contributed by atoms with Gasteiger partial charge in [0.05, 0.1) is 12.2 Å². The maximum atomic E-state index is 9.11. The van der Waals surface area contributed by atoms with Crippen molar-refractivity contribution in [1.29, 1.82) is 5.26 Å². The lowest BCUT2D eigenvalue weighted by Crippen LogP contribution is -2.41. The van der Waals surface area contributed by atoms with Gasteiger partial charge in [-0.2, -0.15) is 5.26 Å². The maximum Gasteiger partial charge on any atom is 0.119 e. The number of hydrogen-bond acceptors (Lipinski definition) is 3. The van der Waals surface area contributed by atoms with Crippen molar-refractivity contribution < 1.29 is 4.74 Å². The number of nitrogens with one attached hydrogen (secondary N) is 1. The topological polar surface area (TPSA) is 45.0 Å². The van der Waals surface area contributed by atoms with Gasteiger partial charge in [-0.3, -0.25) is 0 Å². The van der Waals surface area contributed by atoms with Crippen molar-refractivity contribution in [3.63, 3.8) is 0 Å². The summed E-state index contributed by atoms with van der Waals surface area (Å²) in [6, 6.07) is 8.34. The molecule has 98 valence electrons. The Hall–Kier alpha value is -1.53. The Morgan fingerprint density at radius 1 is 1.39 bits per heavy atom. The highest BCUT2D eigenvalue weighted by atomic mass is 16.5. The van der Waals surface area contributed by atoms with Gasteiger partial charge in [-0.15, -0.1) is 0 Å². The molecule has 0 aliphatic heterocycles. The first-order valence-corrected chi connectivity index (χ1v) is 6.24. The Labute approximate surface area is 110 Å². The van der Waals surface area contributed by atoms with Crippen LogP contribution in [-0.4, -0.2) is 18.7 Å². The van der Waals surface area contributed by atoms with Crippen LogP contribution in [0.5, 0.6) is 5.75 Å². The number of aryl methyl sites for hydroxylation is 2. The van der Waals surface area contributed by atoms with Gasteiger partial charge in [0.2, 0.25) is 0 Å². The predicted octanol–water partition coefficient (Wildman–Crippen LogP) is 2.96. The van der Waals surface area contributed by atoms with E-state index in [2.05, 4.69) is 31.3 Å². The molecule has 2 atom stereocenters. The van der Waals surface area contributed by atoms with Crippen molar-refractivity contribution in [1.82, 2.24) is 5.32 Å². The van der Waals surface area contributed by atoms with Gasteiger partial charge in [0.1, 0.15) is 11.3 Å². The molecule has 0 saturated heterocycles. The number of nitrogens with zero attached hydrogens (tertiary/aromatic N) is 1. The van der Waals surface area contributed by atoms with Gasteiger partial charge in [0.25, 0.3) is 0 Å². The summed E-state index contributed by atoms with van der Waals surface area (Å²) in [5, 5.41) is 12.1. The molecule has 0 saturated carbocycles. The van der Waals surface area contributed by atoms with Crippen molar-refractivity contribution in [2.45, 2.75) is 45.8 Å². The average Bonchev–Trinajstić information content (AvgIpc) is 2.33. The molecule has 0 spiro atoms. The second-order valence-electron chi connectivity index (χ2n) is 5.07. The standard InChI is InChI=1S/C15H22N2O/c1-11-6-7-14(8-12(11)2)18-13(3)9-15(4,10-16)17-5/h6-8,13,17H,9H2,1-5H3. The summed E-state index contributed by atoms with van der Waals surface area (Å²) in [5.74, 6) is 0.863. The Morgan fingerprint density at radius 2 is 2.06 bits per heavy atom. The van der Waals surface area contributed by atoms with Crippen LogP contribution in [0, 0.1) is 25.2 Å². The van der Waals surface area contributed by atoms with E-state index in [1.807, 2.05) is 26.0 Å². The summed E-state index contributed by atoms with van der Waals surface area (Å²) in [7, 11) is 1.80. The van der Waals surface area contributed by atoms with Gasteiger partial charge >= 0.3 is 0 Å². The van der Waals surface area contributed by atoms with Gasteiger partial charge in [-0.05, 0) is 58.0 Å². The average molecular weight is 246 g/mol. The molecule has 18 heavy (non-hydrogen) atoms. The summed E-state index contributed by atoms with van der Waals surface area (Å²) >= 11 is 0. The third-order valence-electron chi connectivity index (χ3n) is 3.31. The van der Waals surface area contributed by atoms with E-state index in [4.69, 9.17) is 10.00 Å². The lowest BCUT2D eigenvalue weighted by Gasteiger charge is -2.25. The third kappa shape index (κ3) is 3.75. The van der Waals surface area contributed by atoms with E-state index >= 15 is 0 Å². The van der Waals surface area contributed by atoms with Crippen LogP contribution in [-0.2, 0) is 0 Å². The largest absolute Gasteiger partial charge is 0.491 e. The molecule has 3 nitrogen and oxygen atoms in total. The molecular weight excluding hydrogens is 224 g/mol. The Morgan fingerprint density at radius 3 is 2.56 bits per heavy atom. The second kappa shape index (κ2) is 5.88. The van der Waals surface area contributed by atoms with Gasteiger partial charge in [-0.1, -0.05) is 6.07 Å². The normalized spacial score (nSPS) is 15.6. The number of ether oxygens (including phenoxy) is 1. The highest BCUT2D eigenvalue weighted by Crippen LogP contribution is 2.20. The zero-order valence-corrected chi connectivity index (χ0v) is 11.9. The van der Waals surface area contributed by atoms with Gasteiger partial charge in [-0.25, -0.2) is 0 Å². The predicted molar refractivity (Wildman–Crippen MR) is 73.7 cm³/mol. The minimum atomic E-state index is -0.543. The number of hydrogen-bond donors (Lipinski definition) is 1. The SMILES string of the molecule is CNC(C)(C#N)CC(C)Oc1ccc(C)c(C)c1. The monoisotopic (exact) mass is 246 g/mol. The summed E-state index contributed by atoms with van der Waals surface area (Å²) in [6.07, 6.45) is 0.636. The minimum absolute atomic E-state index is 0.00999. The fourth-order valence-corrected chi connectivity index (χ4v) is 1.84. The first-order valence-electron chi connectivity index (χ1n) is 6.24. The molecule has 0 fully saturated rings. The van der Waals surface area contributed by atoms with E-state index in [9.17, 15) is 0 Å². The molecule has 1 rings (SSSR count). The number of rotatable bonds is 5. The summed E-state index contributed by atoms with van der Waals surface area (Å²) in [5.41, 5.74) is 1.93. The summed E-state index contributed by atoms with van der Waals surface area (Å²) in [4.78, 5) is 0. The van der Waals surface area contributed by atoms with Gasteiger partial charge in [0.15, 0.2) is 0 Å². The third-order valence-corrected chi connectivity index (χ3v) is 3.31. The fourth-order valence-electron chi connectivity index (χ4n) is 1.84. The van der Waals surface area contributed by atoms with Crippen LogP contribution in [0.15, 0.2) is 18.2 Å². The van der Waals surface area contributed by atoms with Crippen molar-refractivity contribution in [3.8, 4) is 11.8 Å². The molecule has 3 heteroatoms. The molecule has 1 aromatic rings. The molecule has 0 aliphatic carbocycles. The summed E-state index contributed by atoms with van der Waals surface area (Å²) in [6.45, 7) is 8.02. The van der Waals surface area contributed by atoms with Crippen LogP contribution in [0.2, 0.25) is 0 Å². The highest BCUT2D eigenvalue weighted by Gasteiger charge is 2.25. The lowest BCUT2D eigenvalue weighted by atomic mass is 9.97. The molecule has 0 bridgehead atoms. The molecule has 1 aromatic carbocycles. The number of nitriles is 1. The second-order valence-corrected chi connectivity index (χ2v) is 5.07. The molecule has 1 N–H and O–H groups in total. The van der Waals surface area contributed by atoms with Crippen molar-refractivity contribution in [2.24, 2.45) is 0 Å². The Balaban J connectivity index is 2.68. The van der Waals surface area contributed by atoms with Crippen molar-refractivity contribution in [3.05, 3.63) is 29.3 Å². The lowest BCUT2D eigenvalue weighted by molar-refractivity contribution is 0.182. The van der Waals surface area contributed by atoms with E-state index in [-0.39, 0.29) is 6.10 Å². The van der Waals surface area contributed by atoms with E-state index in [1.54, 1.807) is 7.05 Å². The molecule has 0 radical (unpaired) electrons. The van der Waals surface area contributed by atoms with Crippen LogP contribution >= 0.6 is 0 Å². The summed E-state index contributed by atoms with van der Waals surface area (Å²) < 4.78 is 5.86. The number of benzene rings is 1. The quantitative estimate of drug-likeness (QED) is 0.868. The zero-order chi connectivity index (χ0) is 13.8. The van der Waals surface area contributed by atoms with Gasteiger partial charge in [0, 0.05) is 6.42 Å². The molecule has 0 heterocycles. The maximum absolute atomic E-state index is 9.11. The van der Waals surface area contributed by atoms with E-state index in [1.165, 1.54) is 11.1 Å². The Bertz CT molecular complexity index is 450. The molecule has 0 aromatic heterocycles. The molecule has 2 unspecified atom stereocenters. The van der Waals surface area contributed by atoms with Gasteiger partial charge < -0.3 is 10.1 Å². The van der Waals surface area contributed by atoms with Crippen LogP contribution < -0.4 is 10.1 Å². The molecule has 0 aliphatic rings. The van der Waals surface area contributed by atoms with Crippen LogP contribution in [0.3, 0.4) is 0 Å². The smallest absolute Gasteiger partial charge is 0.119 e. The minimum Gasteiger partial charge on any atom is -0.491 e. The highest BCUT2D eigenvalue weighted by molar-refractivity contribution is 5.33. The van der Waals surface area contributed by atoms with Crippen LogP contribution in [0.1, 0.15) is 31.4 Å². The molecular formula is C15H22N2O. The first kappa shape index (κ1) is 14.5. The van der Waals surface area contributed by atoms with Crippen LogP contribution in [0.25, 0.3) is 0 Å². The zero-order valence-electron chi connectivity index (χ0n) is 11.9. The molecule has 0 amide bonds. The van der Waals surface area contributed by atoms with Crippen molar-refractivity contribution in [2.75, 3.05) is 7.05 Å². The Kier molecular flexibility index (Phi) is 4.75. The van der Waals surface area contributed by atoms with E-state index < -0.39 is 5.54 Å². The fraction of sp³-hybridized carbons (Fsp3) is 0.533. The van der Waals surface area contributed by atoms with E-state index in [0.717, 1.165) is 5.75 Å². The van der Waals surface area contributed by atoms with E-state index in [0.29, 0.717) is 6.42 Å². The van der Waals surface area contributed by atoms with Crippen LogP contribution in [0.4, 0.5) is 0 Å². The van der Waals surface area contributed by atoms with Crippen molar-refractivity contribution >= 4 is 0 Å².